The summed E-state index contributed by atoms with van der Waals surface area (Å²) in [6.45, 7) is 3.17. The molecule has 8 atom stereocenters. The van der Waals surface area contributed by atoms with Crippen molar-refractivity contribution in [1.82, 2.24) is 0 Å². The number of esters is 2. The Hall–Kier alpha value is -1.93. The Bertz CT molecular complexity index is 1180. The number of aliphatic hydroxyl groups is 5. The van der Waals surface area contributed by atoms with Crippen molar-refractivity contribution in [2.45, 2.75) is 224 Å². The van der Waals surface area contributed by atoms with Crippen molar-refractivity contribution in [3.05, 3.63) is 36.5 Å². The standard InChI is InChI=1S/C45H81O13P/c1-3-5-7-9-11-13-15-17-19-21-23-25-27-29-31-33-38(46)55-35-37(36-56-59(53,54)58-45-43(51)41(49)40(48)42(50)44(45)52)57-39(47)34-32-30-28-26-24-22-20-18-16-14-12-10-8-6-4-2/h14,16,27,29,31,33,37,40-45,48-52H,3-13,15,17-26,28,30,32,34-36H2,1-2H3,(H,53,54)/b16-14+,29-27+,33-31+/t37-,40?,41-,42?,43?,44?,45?/m1/s1. The highest BCUT2D eigenvalue weighted by molar-refractivity contribution is 7.47. The normalized spacial score (nSPS) is 22.6. The van der Waals surface area contributed by atoms with Crippen LogP contribution in [0.4, 0.5) is 0 Å². The molecular formula is C45H81O13P. The second-order valence-corrected chi connectivity index (χ2v) is 17.4. The van der Waals surface area contributed by atoms with Gasteiger partial charge in [0, 0.05) is 12.5 Å². The third kappa shape index (κ3) is 28.3. The number of carbonyl (C=O) groups excluding carboxylic acids is 2. The van der Waals surface area contributed by atoms with Gasteiger partial charge in [0.2, 0.25) is 0 Å². The number of carbonyl (C=O) groups is 2. The smallest absolute Gasteiger partial charge is 0.458 e. The molecule has 0 aromatic rings. The molecule has 1 fully saturated rings. The molecule has 14 heteroatoms. The topological polar surface area (TPSA) is 210 Å². The van der Waals surface area contributed by atoms with Crippen LogP contribution in [0.3, 0.4) is 0 Å². The molecule has 1 rings (SSSR count). The van der Waals surface area contributed by atoms with Crippen LogP contribution >= 0.6 is 7.82 Å². The molecular weight excluding hydrogens is 779 g/mol. The Morgan fingerprint density at radius 3 is 1.49 bits per heavy atom. The molecule has 0 aromatic carbocycles. The second-order valence-electron chi connectivity index (χ2n) is 16.0. The maximum Gasteiger partial charge on any atom is 0.472 e. The summed E-state index contributed by atoms with van der Waals surface area (Å²) in [4.78, 5) is 35.5. The lowest BCUT2D eigenvalue weighted by Gasteiger charge is -2.41. The molecule has 0 aliphatic heterocycles. The molecule has 344 valence electrons. The molecule has 6 N–H and O–H groups in total. The van der Waals surface area contributed by atoms with E-state index < -0.39 is 75.7 Å². The van der Waals surface area contributed by atoms with Crippen molar-refractivity contribution in [1.29, 1.82) is 0 Å². The van der Waals surface area contributed by atoms with Crippen molar-refractivity contribution >= 4 is 19.8 Å². The zero-order chi connectivity index (χ0) is 43.6. The van der Waals surface area contributed by atoms with Crippen LogP contribution < -0.4 is 0 Å². The summed E-state index contributed by atoms with van der Waals surface area (Å²) in [7, 11) is -5.14. The molecule has 0 heterocycles. The van der Waals surface area contributed by atoms with Gasteiger partial charge >= 0.3 is 19.8 Å². The quantitative estimate of drug-likeness (QED) is 0.00864. The van der Waals surface area contributed by atoms with Crippen LogP contribution in [0.2, 0.25) is 0 Å². The molecule has 0 saturated heterocycles. The van der Waals surface area contributed by atoms with Crippen LogP contribution in [-0.4, -0.2) is 98.3 Å². The summed E-state index contributed by atoms with van der Waals surface area (Å²) in [6.07, 6.45) is 26.9. The lowest BCUT2D eigenvalue weighted by molar-refractivity contribution is -0.220. The van der Waals surface area contributed by atoms with Gasteiger partial charge in [0.15, 0.2) is 6.10 Å². The van der Waals surface area contributed by atoms with Gasteiger partial charge < -0.3 is 39.9 Å². The Kier molecular flexibility index (Phi) is 33.3. The fourth-order valence-corrected chi connectivity index (χ4v) is 7.82. The summed E-state index contributed by atoms with van der Waals surface area (Å²) >= 11 is 0. The van der Waals surface area contributed by atoms with Crippen molar-refractivity contribution in [2.75, 3.05) is 13.2 Å². The van der Waals surface area contributed by atoms with Gasteiger partial charge in [-0.05, 0) is 44.9 Å². The van der Waals surface area contributed by atoms with Gasteiger partial charge in [0.25, 0.3) is 0 Å². The van der Waals surface area contributed by atoms with Crippen molar-refractivity contribution in [2.24, 2.45) is 0 Å². The molecule has 59 heavy (non-hydrogen) atoms. The Labute approximate surface area is 355 Å². The molecule has 0 spiro atoms. The fourth-order valence-electron chi connectivity index (χ4n) is 6.84. The minimum absolute atomic E-state index is 0.0726. The zero-order valence-corrected chi connectivity index (χ0v) is 37.2. The lowest BCUT2D eigenvalue weighted by atomic mass is 9.85. The van der Waals surface area contributed by atoms with Gasteiger partial charge in [-0.1, -0.05) is 160 Å². The van der Waals surface area contributed by atoms with E-state index in [0.29, 0.717) is 6.42 Å². The van der Waals surface area contributed by atoms with E-state index in [4.69, 9.17) is 18.5 Å². The molecule has 1 aliphatic rings. The van der Waals surface area contributed by atoms with E-state index in [1.807, 2.05) is 6.08 Å². The fraction of sp³-hybridized carbons (Fsp3) is 0.822. The Morgan fingerprint density at radius 2 is 0.983 bits per heavy atom. The van der Waals surface area contributed by atoms with E-state index in [-0.39, 0.29) is 6.42 Å². The van der Waals surface area contributed by atoms with E-state index in [1.165, 1.54) is 96.0 Å². The third-order valence-electron chi connectivity index (χ3n) is 10.6. The first kappa shape index (κ1) is 55.1. The van der Waals surface area contributed by atoms with Crippen LogP contribution in [0.5, 0.6) is 0 Å². The number of phosphoric ester groups is 1. The van der Waals surface area contributed by atoms with Crippen molar-refractivity contribution in [3.63, 3.8) is 0 Å². The summed E-state index contributed by atoms with van der Waals surface area (Å²) in [5, 5.41) is 50.1. The van der Waals surface area contributed by atoms with Gasteiger partial charge in [-0.15, -0.1) is 0 Å². The zero-order valence-electron chi connectivity index (χ0n) is 36.3. The largest absolute Gasteiger partial charge is 0.472 e. The molecule has 0 bridgehead atoms. The highest BCUT2D eigenvalue weighted by atomic mass is 31.2. The summed E-state index contributed by atoms with van der Waals surface area (Å²) in [5.74, 6) is -1.36. The first-order chi connectivity index (χ1) is 28.4. The Morgan fingerprint density at radius 1 is 0.559 bits per heavy atom. The van der Waals surface area contributed by atoms with Crippen molar-refractivity contribution in [3.8, 4) is 0 Å². The predicted molar refractivity (Wildman–Crippen MR) is 230 cm³/mol. The molecule has 0 aromatic heterocycles. The van der Waals surface area contributed by atoms with E-state index in [0.717, 1.165) is 64.2 Å². The Balaban J connectivity index is 2.52. The predicted octanol–water partition coefficient (Wildman–Crippen LogP) is 8.61. The summed E-state index contributed by atoms with van der Waals surface area (Å²) < 4.78 is 33.3. The van der Waals surface area contributed by atoms with Gasteiger partial charge in [-0.25, -0.2) is 9.36 Å². The number of hydrogen-bond donors (Lipinski definition) is 6. The highest BCUT2D eigenvalue weighted by Gasteiger charge is 2.51. The molecule has 0 radical (unpaired) electrons. The van der Waals surface area contributed by atoms with Gasteiger partial charge in [-0.3, -0.25) is 13.8 Å². The summed E-state index contributed by atoms with van der Waals surface area (Å²) in [6, 6.07) is 0. The number of phosphoric acid groups is 1. The molecule has 13 nitrogen and oxygen atoms in total. The monoisotopic (exact) mass is 861 g/mol. The van der Waals surface area contributed by atoms with E-state index in [2.05, 4.69) is 26.0 Å². The number of ether oxygens (including phenoxy) is 2. The minimum atomic E-state index is -5.14. The van der Waals surface area contributed by atoms with Crippen LogP contribution in [-0.2, 0) is 32.7 Å². The number of rotatable bonds is 37. The van der Waals surface area contributed by atoms with Crippen LogP contribution in [0, 0.1) is 0 Å². The minimum Gasteiger partial charge on any atom is -0.458 e. The number of hydrogen-bond acceptors (Lipinski definition) is 12. The molecule has 0 amide bonds. The average Bonchev–Trinajstić information content (AvgIpc) is 3.21. The first-order valence-electron chi connectivity index (χ1n) is 22.8. The second kappa shape index (κ2) is 35.6. The molecule has 6 unspecified atom stereocenters. The van der Waals surface area contributed by atoms with Gasteiger partial charge in [0.05, 0.1) is 6.61 Å². The van der Waals surface area contributed by atoms with E-state index >= 15 is 0 Å². The van der Waals surface area contributed by atoms with Crippen LogP contribution in [0.25, 0.3) is 0 Å². The van der Waals surface area contributed by atoms with E-state index in [1.54, 1.807) is 12.2 Å². The summed E-state index contributed by atoms with van der Waals surface area (Å²) in [5.41, 5.74) is 0. The number of aliphatic hydroxyl groups excluding tert-OH is 5. The average molecular weight is 861 g/mol. The van der Waals surface area contributed by atoms with Gasteiger partial charge in [0.1, 0.15) is 43.2 Å². The van der Waals surface area contributed by atoms with Crippen LogP contribution in [0.15, 0.2) is 36.5 Å². The van der Waals surface area contributed by atoms with Crippen LogP contribution in [0.1, 0.15) is 181 Å². The SMILES string of the molecule is CCCCCC/C=C/CCCCCCCCCC(=O)O[C@H](COC(=O)/C=C/C=C/CCCCCCCCCCCCC)COP(=O)(O)OC1C(O)C(O)C(O)[C@@H](O)C1O. The number of unbranched alkanes of at least 4 members (excludes halogenated alkanes) is 22. The van der Waals surface area contributed by atoms with Crippen molar-refractivity contribution < 1.29 is 63.1 Å². The third-order valence-corrected chi connectivity index (χ3v) is 11.5. The maximum absolute atomic E-state index is 12.8. The van der Waals surface area contributed by atoms with Gasteiger partial charge in [-0.2, -0.15) is 0 Å². The molecule has 1 aliphatic carbocycles. The lowest BCUT2D eigenvalue weighted by Crippen LogP contribution is -2.64. The highest BCUT2D eigenvalue weighted by Crippen LogP contribution is 2.47. The molecule has 1 saturated carbocycles. The first-order valence-corrected chi connectivity index (χ1v) is 24.3. The number of allylic oxidation sites excluding steroid dienone is 5. The van der Waals surface area contributed by atoms with E-state index in [9.17, 15) is 44.6 Å². The maximum atomic E-state index is 12.8.